The van der Waals surface area contributed by atoms with Gasteiger partial charge in [-0.3, -0.25) is 9.69 Å². The number of nitrogens with zero attached hydrogens (tertiary/aromatic N) is 1. The highest BCUT2D eigenvalue weighted by Gasteiger charge is 2.24. The first-order valence-electron chi connectivity index (χ1n) is 7.51. The van der Waals surface area contributed by atoms with Crippen molar-refractivity contribution >= 4 is 30.0 Å². The number of rotatable bonds is 3. The van der Waals surface area contributed by atoms with Crippen LogP contribution in [-0.4, -0.2) is 44.2 Å². The van der Waals surface area contributed by atoms with Crippen LogP contribution in [0.3, 0.4) is 0 Å². The van der Waals surface area contributed by atoms with Crippen LogP contribution in [0.2, 0.25) is 0 Å². The summed E-state index contributed by atoms with van der Waals surface area (Å²) in [6.07, 6.45) is 1.87. The molecule has 0 aliphatic carbocycles. The Morgan fingerprint density at radius 1 is 1.35 bits per heavy atom. The molecule has 23 heavy (non-hydrogen) atoms. The highest BCUT2D eigenvalue weighted by molar-refractivity contribution is 5.98. The molecule has 2 heterocycles. The molecule has 1 aromatic rings. The smallest absolute Gasteiger partial charge is 0.321 e. The van der Waals surface area contributed by atoms with Crippen LogP contribution in [0, 0.1) is 5.82 Å². The molecule has 2 aliphatic heterocycles. The summed E-state index contributed by atoms with van der Waals surface area (Å²) in [5.74, 6) is -1.02. The van der Waals surface area contributed by atoms with Crippen LogP contribution in [-0.2, 0) is 0 Å². The lowest BCUT2D eigenvalue weighted by Gasteiger charge is -2.24. The number of urea groups is 1. The maximum absolute atomic E-state index is 14.0. The molecule has 0 bridgehead atoms. The second kappa shape index (κ2) is 7.61. The van der Waals surface area contributed by atoms with Crippen molar-refractivity contribution in [1.82, 2.24) is 16.0 Å². The van der Waals surface area contributed by atoms with E-state index in [1.54, 1.807) is 0 Å². The van der Waals surface area contributed by atoms with Crippen molar-refractivity contribution in [2.24, 2.45) is 0 Å². The zero-order chi connectivity index (χ0) is 15.5. The number of hydrogen-bond acceptors (Lipinski definition) is 3. The van der Waals surface area contributed by atoms with E-state index >= 15 is 0 Å². The van der Waals surface area contributed by atoms with Crippen molar-refractivity contribution in [1.29, 1.82) is 0 Å². The van der Waals surface area contributed by atoms with Gasteiger partial charge in [-0.25, -0.2) is 9.18 Å². The number of amides is 3. The first-order valence-corrected chi connectivity index (χ1v) is 7.51. The van der Waals surface area contributed by atoms with Gasteiger partial charge in [-0.05, 0) is 37.6 Å². The Morgan fingerprint density at radius 3 is 2.83 bits per heavy atom. The zero-order valence-corrected chi connectivity index (χ0v) is 13.4. The molecule has 2 aliphatic rings. The summed E-state index contributed by atoms with van der Waals surface area (Å²) in [6, 6.07) is 3.97. The van der Waals surface area contributed by atoms with Gasteiger partial charge in [-0.1, -0.05) is 0 Å². The standard InChI is InChI=1S/C15H19FN4O2.ClH/c16-13-4-3-11(20-7-6-18-15(20)22)8-12(13)14(21)19-10-2-1-5-17-9-10;/h3-4,8,10,17H,1-2,5-7,9H2,(H,18,22)(H,19,21);1H/t10-;/m0./s1. The summed E-state index contributed by atoms with van der Waals surface area (Å²) < 4.78 is 14.0. The van der Waals surface area contributed by atoms with E-state index in [1.165, 1.54) is 23.1 Å². The first-order chi connectivity index (χ1) is 10.6. The van der Waals surface area contributed by atoms with E-state index in [0.29, 0.717) is 25.3 Å². The Balaban J connectivity index is 0.00000192. The van der Waals surface area contributed by atoms with E-state index in [9.17, 15) is 14.0 Å². The number of carbonyl (C=O) groups excluding carboxylic acids is 2. The monoisotopic (exact) mass is 342 g/mol. The second-order valence-electron chi connectivity index (χ2n) is 5.56. The summed E-state index contributed by atoms with van der Waals surface area (Å²) in [5, 5.41) is 8.72. The molecule has 1 atom stereocenters. The summed E-state index contributed by atoms with van der Waals surface area (Å²) in [7, 11) is 0. The van der Waals surface area contributed by atoms with Crippen molar-refractivity contribution in [2.75, 3.05) is 31.1 Å². The zero-order valence-electron chi connectivity index (χ0n) is 12.6. The van der Waals surface area contributed by atoms with Gasteiger partial charge in [0.15, 0.2) is 0 Å². The lowest BCUT2D eigenvalue weighted by atomic mass is 10.1. The topological polar surface area (TPSA) is 73.5 Å². The molecule has 8 heteroatoms. The van der Waals surface area contributed by atoms with Gasteiger partial charge < -0.3 is 16.0 Å². The molecule has 2 saturated heterocycles. The molecule has 0 aromatic heterocycles. The number of anilines is 1. The average Bonchev–Trinajstić information content (AvgIpc) is 2.95. The van der Waals surface area contributed by atoms with Crippen molar-refractivity contribution in [3.8, 4) is 0 Å². The van der Waals surface area contributed by atoms with Crippen molar-refractivity contribution in [3.63, 3.8) is 0 Å². The fraction of sp³-hybridized carbons (Fsp3) is 0.467. The van der Waals surface area contributed by atoms with Crippen LogP contribution >= 0.6 is 12.4 Å². The fourth-order valence-corrected chi connectivity index (χ4v) is 2.81. The van der Waals surface area contributed by atoms with E-state index in [2.05, 4.69) is 16.0 Å². The molecule has 0 spiro atoms. The Hall–Kier alpha value is -1.86. The Kier molecular flexibility index (Phi) is 5.79. The molecular formula is C15H20ClFN4O2. The van der Waals surface area contributed by atoms with Gasteiger partial charge in [-0.2, -0.15) is 0 Å². The highest BCUT2D eigenvalue weighted by atomic mass is 35.5. The third kappa shape index (κ3) is 3.92. The normalized spacial score (nSPS) is 20.7. The van der Waals surface area contributed by atoms with E-state index in [0.717, 1.165) is 19.4 Å². The number of nitrogens with one attached hydrogen (secondary N) is 3. The predicted octanol–water partition coefficient (Wildman–Crippen LogP) is 1.26. The van der Waals surface area contributed by atoms with Gasteiger partial charge in [0.25, 0.3) is 5.91 Å². The third-order valence-electron chi connectivity index (χ3n) is 4.00. The van der Waals surface area contributed by atoms with Crippen molar-refractivity contribution < 1.29 is 14.0 Å². The maximum atomic E-state index is 14.0. The van der Waals surface area contributed by atoms with Crippen LogP contribution in [0.25, 0.3) is 0 Å². The molecule has 1 aromatic carbocycles. The minimum Gasteiger partial charge on any atom is -0.348 e. The van der Waals surface area contributed by atoms with E-state index in [1.807, 2.05) is 0 Å². The average molecular weight is 343 g/mol. The van der Waals surface area contributed by atoms with Gasteiger partial charge in [0, 0.05) is 31.4 Å². The van der Waals surface area contributed by atoms with Crippen molar-refractivity contribution in [3.05, 3.63) is 29.6 Å². The van der Waals surface area contributed by atoms with Gasteiger partial charge in [0.2, 0.25) is 0 Å². The number of carbonyl (C=O) groups is 2. The van der Waals surface area contributed by atoms with E-state index < -0.39 is 11.7 Å². The van der Waals surface area contributed by atoms with Gasteiger partial charge >= 0.3 is 6.03 Å². The summed E-state index contributed by atoms with van der Waals surface area (Å²) >= 11 is 0. The predicted molar refractivity (Wildman–Crippen MR) is 87.8 cm³/mol. The minimum absolute atomic E-state index is 0. The lowest BCUT2D eigenvalue weighted by molar-refractivity contribution is 0.0926. The highest BCUT2D eigenvalue weighted by Crippen LogP contribution is 2.21. The number of benzene rings is 1. The summed E-state index contributed by atoms with van der Waals surface area (Å²) in [6.45, 7) is 2.70. The Labute approximate surface area is 140 Å². The van der Waals surface area contributed by atoms with Crippen LogP contribution < -0.4 is 20.9 Å². The Bertz CT molecular complexity index is 593. The molecule has 0 radical (unpaired) electrons. The minimum atomic E-state index is -0.579. The lowest BCUT2D eigenvalue weighted by Crippen LogP contribution is -2.45. The molecule has 3 amide bonds. The number of hydrogen-bond donors (Lipinski definition) is 3. The molecule has 3 rings (SSSR count). The second-order valence-corrected chi connectivity index (χ2v) is 5.56. The first kappa shape index (κ1) is 17.5. The van der Waals surface area contributed by atoms with Crippen molar-refractivity contribution in [2.45, 2.75) is 18.9 Å². The van der Waals surface area contributed by atoms with Crippen LogP contribution in [0.15, 0.2) is 18.2 Å². The van der Waals surface area contributed by atoms with E-state index in [-0.39, 0.29) is 30.0 Å². The molecule has 2 fully saturated rings. The SMILES string of the molecule is Cl.O=C(N[C@H]1CCCNC1)c1cc(N2CCNC2=O)ccc1F. The van der Waals surface area contributed by atoms with Gasteiger partial charge in [-0.15, -0.1) is 12.4 Å². The van der Waals surface area contributed by atoms with Gasteiger partial charge in [0.05, 0.1) is 5.56 Å². The third-order valence-corrected chi connectivity index (χ3v) is 4.00. The molecule has 0 unspecified atom stereocenters. The Morgan fingerprint density at radius 2 is 2.17 bits per heavy atom. The van der Waals surface area contributed by atoms with E-state index in [4.69, 9.17) is 0 Å². The molecule has 6 nitrogen and oxygen atoms in total. The molecule has 126 valence electrons. The summed E-state index contributed by atoms with van der Waals surface area (Å²) in [4.78, 5) is 25.5. The number of halogens is 2. The van der Waals surface area contributed by atoms with Crippen LogP contribution in [0.1, 0.15) is 23.2 Å². The fourth-order valence-electron chi connectivity index (χ4n) is 2.81. The number of piperidine rings is 1. The quantitative estimate of drug-likeness (QED) is 0.774. The maximum Gasteiger partial charge on any atom is 0.321 e. The molecular weight excluding hydrogens is 323 g/mol. The molecule has 0 saturated carbocycles. The van der Waals surface area contributed by atoms with Crippen LogP contribution in [0.4, 0.5) is 14.9 Å². The summed E-state index contributed by atoms with van der Waals surface area (Å²) in [5.41, 5.74) is 0.506. The largest absolute Gasteiger partial charge is 0.348 e. The molecule has 3 N–H and O–H groups in total. The van der Waals surface area contributed by atoms with Gasteiger partial charge in [0.1, 0.15) is 5.82 Å². The van der Waals surface area contributed by atoms with Crippen LogP contribution in [0.5, 0.6) is 0 Å².